The number of methoxy groups -OCH3 is 1. The number of aryl methyl sites for hydroxylation is 2. The third-order valence-corrected chi connectivity index (χ3v) is 4.36. The lowest BCUT2D eigenvalue weighted by atomic mass is 10.1. The average Bonchev–Trinajstić information content (AvgIpc) is 2.81. The fourth-order valence-corrected chi connectivity index (χ4v) is 3.55. The highest BCUT2D eigenvalue weighted by Gasteiger charge is 2.28. The molecule has 1 aromatic rings. The van der Waals surface area contributed by atoms with Crippen LogP contribution in [0.1, 0.15) is 34.5 Å². The first kappa shape index (κ1) is 12.0. The van der Waals surface area contributed by atoms with Crippen molar-refractivity contribution >= 4 is 11.3 Å². The van der Waals surface area contributed by atoms with Crippen molar-refractivity contribution in [2.45, 2.75) is 32.7 Å². The third-order valence-electron chi connectivity index (χ3n) is 3.19. The maximum atomic E-state index is 5.17. The van der Waals surface area contributed by atoms with Crippen LogP contribution in [0, 0.1) is 13.8 Å². The summed E-state index contributed by atoms with van der Waals surface area (Å²) < 4.78 is 5.17. The van der Waals surface area contributed by atoms with Gasteiger partial charge in [0, 0.05) is 24.6 Å². The molecule has 1 aliphatic rings. The summed E-state index contributed by atoms with van der Waals surface area (Å²) >= 11 is 1.86. The molecule has 1 unspecified atom stereocenters. The summed E-state index contributed by atoms with van der Waals surface area (Å²) in [4.78, 5) is 8.53. The van der Waals surface area contributed by atoms with E-state index in [-0.39, 0.29) is 0 Å². The van der Waals surface area contributed by atoms with Crippen LogP contribution in [0.25, 0.3) is 0 Å². The Bertz CT molecular complexity index is 351. The van der Waals surface area contributed by atoms with E-state index in [1.165, 1.54) is 35.0 Å². The molecule has 4 heteroatoms. The van der Waals surface area contributed by atoms with Crippen LogP contribution >= 0.6 is 11.3 Å². The van der Waals surface area contributed by atoms with Gasteiger partial charge in [0.25, 0.3) is 0 Å². The topological polar surface area (TPSA) is 25.4 Å². The van der Waals surface area contributed by atoms with E-state index >= 15 is 0 Å². The van der Waals surface area contributed by atoms with E-state index in [1.807, 2.05) is 11.3 Å². The van der Waals surface area contributed by atoms with Gasteiger partial charge in [-0.1, -0.05) is 0 Å². The zero-order valence-corrected chi connectivity index (χ0v) is 11.1. The van der Waals surface area contributed by atoms with Gasteiger partial charge in [-0.25, -0.2) is 4.98 Å². The molecule has 0 bridgehead atoms. The Hall–Kier alpha value is -0.450. The van der Waals surface area contributed by atoms with Crippen molar-refractivity contribution in [1.82, 2.24) is 9.88 Å². The van der Waals surface area contributed by atoms with Gasteiger partial charge in [0.1, 0.15) is 0 Å². The Morgan fingerprint density at radius 3 is 2.94 bits per heavy atom. The van der Waals surface area contributed by atoms with E-state index in [0.29, 0.717) is 6.04 Å². The third kappa shape index (κ3) is 2.44. The molecule has 0 aromatic carbocycles. The summed E-state index contributed by atoms with van der Waals surface area (Å²) in [6.45, 7) is 7.29. The summed E-state index contributed by atoms with van der Waals surface area (Å²) in [6.07, 6.45) is 2.57. The molecule has 2 rings (SSSR count). The predicted octanol–water partition coefficient (Wildman–Crippen LogP) is 2.54. The van der Waals surface area contributed by atoms with Crippen LogP contribution in [0.4, 0.5) is 0 Å². The lowest BCUT2D eigenvalue weighted by molar-refractivity contribution is 0.142. The second kappa shape index (κ2) is 5.25. The number of hydrogen-bond acceptors (Lipinski definition) is 4. The normalized spacial score (nSPS) is 21.8. The Labute approximate surface area is 101 Å². The van der Waals surface area contributed by atoms with Gasteiger partial charge < -0.3 is 4.74 Å². The second-order valence-electron chi connectivity index (χ2n) is 4.37. The monoisotopic (exact) mass is 240 g/mol. The zero-order chi connectivity index (χ0) is 11.5. The minimum Gasteiger partial charge on any atom is -0.383 e. The molecule has 1 saturated heterocycles. The fraction of sp³-hybridized carbons (Fsp3) is 0.750. The molecule has 0 amide bonds. The van der Waals surface area contributed by atoms with Gasteiger partial charge in [0.05, 0.1) is 17.3 Å². The Morgan fingerprint density at radius 2 is 2.31 bits per heavy atom. The van der Waals surface area contributed by atoms with Gasteiger partial charge in [0.2, 0.25) is 0 Å². The number of nitrogens with zero attached hydrogens (tertiary/aromatic N) is 2. The molecule has 3 nitrogen and oxygen atoms in total. The van der Waals surface area contributed by atoms with E-state index in [1.54, 1.807) is 7.11 Å². The van der Waals surface area contributed by atoms with Gasteiger partial charge in [-0.2, -0.15) is 0 Å². The van der Waals surface area contributed by atoms with Gasteiger partial charge in [-0.05, 0) is 33.2 Å². The molecular formula is C12H20N2OS. The van der Waals surface area contributed by atoms with E-state index in [9.17, 15) is 0 Å². The molecule has 1 aliphatic heterocycles. The van der Waals surface area contributed by atoms with Crippen LogP contribution < -0.4 is 0 Å². The smallest absolute Gasteiger partial charge is 0.0900 e. The van der Waals surface area contributed by atoms with Crippen molar-refractivity contribution in [2.75, 3.05) is 26.8 Å². The minimum atomic E-state index is 0.585. The fourth-order valence-electron chi connectivity index (χ4n) is 2.46. The Kier molecular flexibility index (Phi) is 3.95. The van der Waals surface area contributed by atoms with E-state index in [4.69, 9.17) is 4.74 Å². The first-order valence-corrected chi connectivity index (χ1v) is 6.71. The average molecular weight is 240 g/mol. The van der Waals surface area contributed by atoms with Crippen LogP contribution in [0.2, 0.25) is 0 Å². The summed E-state index contributed by atoms with van der Waals surface area (Å²) in [5, 5.41) is 1.19. The summed E-state index contributed by atoms with van der Waals surface area (Å²) in [7, 11) is 1.77. The van der Waals surface area contributed by atoms with E-state index in [2.05, 4.69) is 23.7 Å². The van der Waals surface area contributed by atoms with Crippen molar-refractivity contribution in [3.63, 3.8) is 0 Å². The standard InChI is InChI=1S/C12H20N2OS/c1-9-12(16-10(2)13-9)11-5-4-6-14(11)7-8-15-3/h11H,4-8H2,1-3H3. The number of hydrogen-bond donors (Lipinski definition) is 0. The molecular weight excluding hydrogens is 220 g/mol. The lowest BCUT2D eigenvalue weighted by Gasteiger charge is -2.23. The number of rotatable bonds is 4. The Balaban J connectivity index is 2.10. The van der Waals surface area contributed by atoms with Gasteiger partial charge in [-0.15, -0.1) is 11.3 Å². The molecule has 0 N–H and O–H groups in total. The molecule has 2 heterocycles. The first-order valence-electron chi connectivity index (χ1n) is 5.89. The van der Waals surface area contributed by atoms with E-state index in [0.717, 1.165) is 13.2 Å². The maximum Gasteiger partial charge on any atom is 0.0900 e. The molecule has 1 fully saturated rings. The lowest BCUT2D eigenvalue weighted by Crippen LogP contribution is -2.26. The molecule has 0 aliphatic carbocycles. The van der Waals surface area contributed by atoms with Crippen LogP contribution in [0.3, 0.4) is 0 Å². The summed E-state index contributed by atoms with van der Waals surface area (Å²) in [6, 6.07) is 0.585. The van der Waals surface area contributed by atoms with Gasteiger partial charge in [0.15, 0.2) is 0 Å². The maximum absolute atomic E-state index is 5.17. The quantitative estimate of drug-likeness (QED) is 0.808. The molecule has 0 saturated carbocycles. The highest BCUT2D eigenvalue weighted by Crippen LogP contribution is 2.36. The highest BCUT2D eigenvalue weighted by atomic mass is 32.1. The Morgan fingerprint density at radius 1 is 1.50 bits per heavy atom. The molecule has 1 atom stereocenters. The van der Waals surface area contributed by atoms with Crippen LogP contribution in [-0.2, 0) is 4.74 Å². The van der Waals surface area contributed by atoms with Crippen molar-refractivity contribution < 1.29 is 4.74 Å². The zero-order valence-electron chi connectivity index (χ0n) is 10.3. The molecule has 0 spiro atoms. The number of thiazole rings is 1. The van der Waals surface area contributed by atoms with Crippen LogP contribution in [0.15, 0.2) is 0 Å². The molecule has 16 heavy (non-hydrogen) atoms. The van der Waals surface area contributed by atoms with E-state index < -0.39 is 0 Å². The molecule has 1 aromatic heterocycles. The first-order chi connectivity index (χ1) is 7.72. The van der Waals surface area contributed by atoms with Crippen LogP contribution in [-0.4, -0.2) is 36.7 Å². The number of aromatic nitrogens is 1. The number of likely N-dealkylation sites (tertiary alicyclic amines) is 1. The van der Waals surface area contributed by atoms with Crippen molar-refractivity contribution in [2.24, 2.45) is 0 Å². The molecule has 90 valence electrons. The second-order valence-corrected chi connectivity index (χ2v) is 5.60. The van der Waals surface area contributed by atoms with Crippen LogP contribution in [0.5, 0.6) is 0 Å². The largest absolute Gasteiger partial charge is 0.383 e. The minimum absolute atomic E-state index is 0.585. The highest BCUT2D eigenvalue weighted by molar-refractivity contribution is 7.11. The van der Waals surface area contributed by atoms with Gasteiger partial charge in [-0.3, -0.25) is 4.90 Å². The SMILES string of the molecule is COCCN1CCCC1c1sc(C)nc1C. The van der Waals surface area contributed by atoms with Crippen molar-refractivity contribution in [3.8, 4) is 0 Å². The molecule has 0 radical (unpaired) electrons. The van der Waals surface area contributed by atoms with Gasteiger partial charge >= 0.3 is 0 Å². The number of ether oxygens (including phenoxy) is 1. The van der Waals surface area contributed by atoms with Crippen molar-refractivity contribution in [1.29, 1.82) is 0 Å². The predicted molar refractivity (Wildman–Crippen MR) is 67.0 cm³/mol. The summed E-state index contributed by atoms with van der Waals surface area (Å²) in [5.41, 5.74) is 1.22. The summed E-state index contributed by atoms with van der Waals surface area (Å²) in [5.74, 6) is 0. The van der Waals surface area contributed by atoms with Crippen molar-refractivity contribution in [3.05, 3.63) is 15.6 Å².